The quantitative estimate of drug-likeness (QED) is 0.596. The Hall–Kier alpha value is -2.01. The fraction of sp³-hybridized carbons (Fsp3) is 0.353. The molecule has 0 saturated carbocycles. The van der Waals surface area contributed by atoms with Gasteiger partial charge >= 0.3 is 0 Å². The summed E-state index contributed by atoms with van der Waals surface area (Å²) in [6.07, 6.45) is 3.89. The summed E-state index contributed by atoms with van der Waals surface area (Å²) in [4.78, 5) is 6.14. The van der Waals surface area contributed by atoms with Gasteiger partial charge < -0.3 is 14.0 Å². The Morgan fingerprint density at radius 1 is 1.44 bits per heavy atom. The molecule has 1 aliphatic rings. The highest BCUT2D eigenvalue weighted by Gasteiger charge is 2.39. The number of imidazole rings is 1. The lowest BCUT2D eigenvalue weighted by molar-refractivity contribution is 0.538. The first kappa shape index (κ1) is 21.3. The zero-order chi connectivity index (χ0) is 20.4. The third-order valence-electron chi connectivity index (χ3n) is 4.43. The van der Waals surface area contributed by atoms with E-state index in [1.54, 1.807) is 24.7 Å². The smallest absolute Gasteiger partial charge is 0.221 e. The standard InChI is InChI=1S/C17H21N3O2S.H3NO2S/c1-5-17(23(21,22)16-11-19(4)13(3)18-16)20-12(2)10-14-8-6-7-9-15(14)20;1-4(2)3/h5-9,11-12,17H,1,10H2,2-4H3;1H2,(H,2,3)/p-1. The van der Waals surface area contributed by atoms with E-state index in [1.807, 2.05) is 36.1 Å². The number of nitrogens with zero attached hydrogens (tertiary/aromatic N) is 3. The molecule has 0 aliphatic carbocycles. The summed E-state index contributed by atoms with van der Waals surface area (Å²) in [6, 6.07) is 8.02. The molecule has 0 saturated heterocycles. The molecule has 0 amide bonds. The van der Waals surface area contributed by atoms with E-state index in [9.17, 15) is 8.42 Å². The highest BCUT2D eigenvalue weighted by Crippen LogP contribution is 2.36. The minimum atomic E-state index is -3.64. The third kappa shape index (κ3) is 4.46. The van der Waals surface area contributed by atoms with Gasteiger partial charge in [-0.05, 0) is 31.9 Å². The van der Waals surface area contributed by atoms with Gasteiger partial charge in [0.15, 0.2) is 10.4 Å². The maximum absolute atomic E-state index is 13.1. The lowest BCUT2D eigenvalue weighted by Crippen LogP contribution is -2.43. The fourth-order valence-electron chi connectivity index (χ4n) is 3.15. The van der Waals surface area contributed by atoms with Crippen molar-refractivity contribution in [3.05, 3.63) is 54.5 Å². The molecular formula is C17H23N4O4S2-. The Balaban J connectivity index is 0.000000596. The lowest BCUT2D eigenvalue weighted by atomic mass is 10.1. The van der Waals surface area contributed by atoms with Crippen LogP contribution in [0.3, 0.4) is 0 Å². The predicted octanol–water partition coefficient (Wildman–Crippen LogP) is 1.20. The molecule has 1 aromatic heterocycles. The van der Waals surface area contributed by atoms with Crippen LogP contribution in [0.15, 0.2) is 48.1 Å². The van der Waals surface area contributed by atoms with Gasteiger partial charge in [-0.25, -0.2) is 13.4 Å². The number of aryl methyl sites for hydroxylation is 2. The Kier molecular flexibility index (Phi) is 6.58. The number of anilines is 1. The largest absolute Gasteiger partial charge is 0.760 e. The summed E-state index contributed by atoms with van der Waals surface area (Å²) < 4.78 is 45.4. The van der Waals surface area contributed by atoms with Gasteiger partial charge in [-0.3, -0.25) is 9.35 Å². The van der Waals surface area contributed by atoms with Gasteiger partial charge in [-0.15, -0.1) is 0 Å². The van der Waals surface area contributed by atoms with E-state index < -0.39 is 26.5 Å². The van der Waals surface area contributed by atoms with Crippen LogP contribution in [0.5, 0.6) is 0 Å². The number of hydrogen-bond donors (Lipinski definition) is 1. The van der Waals surface area contributed by atoms with Gasteiger partial charge in [0.1, 0.15) is 5.82 Å². The second kappa shape index (κ2) is 8.34. The maximum atomic E-state index is 13.1. The first-order valence-corrected chi connectivity index (χ1v) is 10.8. The van der Waals surface area contributed by atoms with E-state index in [0.29, 0.717) is 5.82 Å². The zero-order valence-corrected chi connectivity index (χ0v) is 17.0. The van der Waals surface area contributed by atoms with E-state index in [2.05, 4.69) is 16.7 Å². The van der Waals surface area contributed by atoms with Crippen molar-refractivity contribution in [1.82, 2.24) is 9.55 Å². The fourth-order valence-corrected chi connectivity index (χ4v) is 4.84. The van der Waals surface area contributed by atoms with Gasteiger partial charge in [0, 0.05) is 36.2 Å². The molecule has 2 N–H and O–H groups in total. The predicted molar refractivity (Wildman–Crippen MR) is 104 cm³/mol. The van der Waals surface area contributed by atoms with E-state index >= 15 is 0 Å². The number of fused-ring (bicyclic) bond motifs is 1. The molecule has 10 heteroatoms. The van der Waals surface area contributed by atoms with Crippen LogP contribution in [0, 0.1) is 6.92 Å². The van der Waals surface area contributed by atoms with Crippen LogP contribution in [-0.4, -0.2) is 38.1 Å². The maximum Gasteiger partial charge on any atom is 0.221 e. The molecule has 3 unspecified atom stereocenters. The molecule has 3 atom stereocenters. The molecule has 2 aromatic rings. The molecule has 0 radical (unpaired) electrons. The van der Waals surface area contributed by atoms with Gasteiger partial charge in [0.05, 0.1) is 0 Å². The molecule has 3 rings (SSSR count). The number of rotatable bonds is 4. The van der Waals surface area contributed by atoms with Crippen molar-refractivity contribution in [2.75, 3.05) is 4.90 Å². The van der Waals surface area contributed by atoms with Crippen molar-refractivity contribution in [2.24, 2.45) is 12.2 Å². The number of para-hydroxylation sites is 1. The molecule has 2 heterocycles. The molecule has 1 aromatic carbocycles. The lowest BCUT2D eigenvalue weighted by Gasteiger charge is -2.31. The van der Waals surface area contributed by atoms with E-state index in [-0.39, 0.29) is 11.1 Å². The molecule has 0 fully saturated rings. The molecular weight excluding hydrogens is 388 g/mol. The second-order valence-electron chi connectivity index (χ2n) is 6.26. The zero-order valence-electron chi connectivity index (χ0n) is 15.4. The number of nitrogens with two attached hydrogens (primary N) is 1. The highest BCUT2D eigenvalue weighted by atomic mass is 32.2. The summed E-state index contributed by atoms with van der Waals surface area (Å²) in [5, 5.41) is 3.30. The monoisotopic (exact) mass is 411 g/mol. The van der Waals surface area contributed by atoms with Gasteiger partial charge in [-0.1, -0.05) is 30.9 Å². The van der Waals surface area contributed by atoms with Gasteiger partial charge in [0.2, 0.25) is 9.84 Å². The first-order chi connectivity index (χ1) is 12.6. The SMILES string of the molecule is C=CC(N1c2ccccc2CC1C)S(=O)(=O)c1cn(C)c(C)n1.NS(=O)[O-]. The van der Waals surface area contributed by atoms with Crippen LogP contribution in [0.4, 0.5) is 5.69 Å². The molecule has 148 valence electrons. The highest BCUT2D eigenvalue weighted by molar-refractivity contribution is 7.92. The topological polar surface area (TPSA) is 121 Å². The normalized spacial score (nSPS) is 18.3. The Bertz CT molecular complexity index is 932. The summed E-state index contributed by atoms with van der Waals surface area (Å²) >= 11 is -2.36. The summed E-state index contributed by atoms with van der Waals surface area (Å²) in [5.41, 5.74) is 2.13. The molecule has 0 bridgehead atoms. The van der Waals surface area contributed by atoms with Crippen molar-refractivity contribution in [3.63, 3.8) is 0 Å². The van der Waals surface area contributed by atoms with Crippen LogP contribution in [0.2, 0.25) is 0 Å². The van der Waals surface area contributed by atoms with Crippen molar-refractivity contribution in [1.29, 1.82) is 0 Å². The van der Waals surface area contributed by atoms with E-state index in [1.165, 1.54) is 11.6 Å². The average Bonchev–Trinajstić information content (AvgIpc) is 3.08. The van der Waals surface area contributed by atoms with Crippen LogP contribution >= 0.6 is 0 Å². The van der Waals surface area contributed by atoms with Crippen LogP contribution in [-0.2, 0) is 34.6 Å². The van der Waals surface area contributed by atoms with Gasteiger partial charge in [-0.2, -0.15) is 0 Å². The summed E-state index contributed by atoms with van der Waals surface area (Å²) in [7, 11) is -1.85. The molecule has 0 spiro atoms. The Labute approximate surface area is 162 Å². The number of aromatic nitrogens is 2. The summed E-state index contributed by atoms with van der Waals surface area (Å²) in [5.74, 6) is 0.668. The van der Waals surface area contributed by atoms with E-state index in [4.69, 9.17) is 8.76 Å². The van der Waals surface area contributed by atoms with E-state index in [0.717, 1.165) is 12.1 Å². The number of benzene rings is 1. The van der Waals surface area contributed by atoms with Crippen molar-refractivity contribution in [2.45, 2.75) is 36.7 Å². The molecule has 8 nitrogen and oxygen atoms in total. The molecule has 27 heavy (non-hydrogen) atoms. The van der Waals surface area contributed by atoms with Crippen LogP contribution in [0.1, 0.15) is 18.3 Å². The second-order valence-corrected chi connectivity index (χ2v) is 8.77. The van der Waals surface area contributed by atoms with Crippen molar-refractivity contribution in [3.8, 4) is 0 Å². The van der Waals surface area contributed by atoms with Crippen molar-refractivity contribution < 1.29 is 17.2 Å². The Morgan fingerprint density at radius 2 is 2.04 bits per heavy atom. The molecule has 1 aliphatic heterocycles. The number of hydrogen-bond acceptors (Lipinski definition) is 6. The minimum Gasteiger partial charge on any atom is -0.760 e. The summed E-state index contributed by atoms with van der Waals surface area (Å²) in [6.45, 7) is 7.60. The average molecular weight is 412 g/mol. The Morgan fingerprint density at radius 3 is 2.56 bits per heavy atom. The first-order valence-electron chi connectivity index (χ1n) is 8.16. The minimum absolute atomic E-state index is 0.0926. The number of sulfone groups is 1. The third-order valence-corrected chi connectivity index (χ3v) is 6.27. The van der Waals surface area contributed by atoms with Crippen LogP contribution in [0.25, 0.3) is 0 Å². The van der Waals surface area contributed by atoms with Crippen molar-refractivity contribution >= 4 is 26.8 Å². The van der Waals surface area contributed by atoms with Gasteiger partial charge in [0.25, 0.3) is 0 Å². The van der Waals surface area contributed by atoms with Crippen LogP contribution < -0.4 is 10.0 Å².